The Labute approximate surface area is 209 Å². The Bertz CT molecular complexity index is 933. The number of hydrogen-bond donors (Lipinski definition) is 0. The second-order valence-corrected chi connectivity index (χ2v) is 12.7. The van der Waals surface area contributed by atoms with Gasteiger partial charge < -0.3 is 23.8 Å². The Hall–Kier alpha value is -1.83. The molecule has 1 saturated carbocycles. The van der Waals surface area contributed by atoms with E-state index in [1.807, 2.05) is 20.8 Å². The van der Waals surface area contributed by atoms with E-state index in [1.165, 1.54) is 5.56 Å². The summed E-state index contributed by atoms with van der Waals surface area (Å²) >= 11 is 0. The summed E-state index contributed by atoms with van der Waals surface area (Å²) in [5.74, 6) is 1.64. The fourth-order valence-corrected chi connectivity index (χ4v) is 6.68. The zero-order chi connectivity index (χ0) is 24.3. The lowest BCUT2D eigenvalue weighted by molar-refractivity contribution is -0.191. The van der Waals surface area contributed by atoms with Gasteiger partial charge in [0, 0.05) is 11.5 Å². The summed E-state index contributed by atoms with van der Waals surface area (Å²) in [5.41, 5.74) is 1.17. The highest BCUT2D eigenvalue weighted by Crippen LogP contribution is 2.49. The van der Waals surface area contributed by atoms with Gasteiger partial charge in [0.25, 0.3) is 0 Å². The number of likely N-dealkylation sites (tertiary alicyclic amines) is 2. The van der Waals surface area contributed by atoms with Gasteiger partial charge in [-0.1, -0.05) is 18.2 Å². The number of rotatable bonds is 4. The molecule has 1 amide bonds. The van der Waals surface area contributed by atoms with E-state index >= 15 is 0 Å². The van der Waals surface area contributed by atoms with Gasteiger partial charge in [-0.15, -0.1) is 0 Å². The molecule has 1 aliphatic carbocycles. The summed E-state index contributed by atoms with van der Waals surface area (Å²) < 4.78 is 23.7. The molecular formula is C28H40N2O5. The molecule has 0 unspecified atom stereocenters. The van der Waals surface area contributed by atoms with E-state index in [2.05, 4.69) is 29.2 Å². The van der Waals surface area contributed by atoms with Crippen molar-refractivity contribution in [3.8, 4) is 5.75 Å². The van der Waals surface area contributed by atoms with Crippen molar-refractivity contribution in [1.82, 2.24) is 9.80 Å². The molecule has 0 N–H and O–H groups in total. The molecular weight excluding hydrogens is 444 g/mol. The minimum Gasteiger partial charge on any atom is -0.490 e. The van der Waals surface area contributed by atoms with Crippen LogP contribution in [0.3, 0.4) is 0 Å². The fourth-order valence-electron chi connectivity index (χ4n) is 6.68. The van der Waals surface area contributed by atoms with Crippen molar-refractivity contribution < 1.29 is 23.7 Å². The molecule has 5 aliphatic rings. The van der Waals surface area contributed by atoms with Gasteiger partial charge >= 0.3 is 6.09 Å². The fraction of sp³-hybridized carbons (Fsp3) is 0.750. The van der Waals surface area contributed by atoms with Crippen molar-refractivity contribution in [3.05, 3.63) is 29.8 Å². The third-order valence-electron chi connectivity index (χ3n) is 8.64. The van der Waals surface area contributed by atoms with Crippen LogP contribution in [0.2, 0.25) is 0 Å². The van der Waals surface area contributed by atoms with Gasteiger partial charge in [-0.2, -0.15) is 0 Å². The zero-order valence-electron chi connectivity index (χ0n) is 21.5. The highest BCUT2D eigenvalue weighted by atomic mass is 16.6. The Kier molecular flexibility index (Phi) is 5.81. The number of nitrogens with zero attached hydrogens (tertiary/aromatic N) is 2. The molecule has 192 valence electrons. The minimum absolute atomic E-state index is 0.176. The van der Waals surface area contributed by atoms with Crippen LogP contribution in [0, 0.1) is 5.41 Å². The van der Waals surface area contributed by atoms with Gasteiger partial charge in [0.05, 0.1) is 32.9 Å². The maximum Gasteiger partial charge on any atom is 0.410 e. The first-order valence-electron chi connectivity index (χ1n) is 13.4. The van der Waals surface area contributed by atoms with Crippen LogP contribution in [0.5, 0.6) is 5.75 Å². The molecule has 2 spiro atoms. The van der Waals surface area contributed by atoms with Crippen LogP contribution in [0.4, 0.5) is 4.79 Å². The van der Waals surface area contributed by atoms with Crippen LogP contribution < -0.4 is 4.74 Å². The lowest BCUT2D eigenvalue weighted by Gasteiger charge is -2.52. The van der Waals surface area contributed by atoms with Gasteiger partial charge in [0.2, 0.25) is 0 Å². The average Bonchev–Trinajstić information content (AvgIpc) is 3.19. The predicted octanol–water partition coefficient (Wildman–Crippen LogP) is 4.20. The smallest absolute Gasteiger partial charge is 0.410 e. The molecule has 0 radical (unpaired) electrons. The largest absolute Gasteiger partial charge is 0.490 e. The van der Waals surface area contributed by atoms with E-state index < -0.39 is 5.60 Å². The molecule has 7 nitrogen and oxygen atoms in total. The first-order valence-corrected chi connectivity index (χ1v) is 13.4. The van der Waals surface area contributed by atoms with Crippen LogP contribution in [0.1, 0.15) is 64.4 Å². The molecule has 1 atom stereocenters. The first-order chi connectivity index (χ1) is 16.7. The van der Waals surface area contributed by atoms with Crippen molar-refractivity contribution in [2.24, 2.45) is 5.41 Å². The molecule has 35 heavy (non-hydrogen) atoms. The average molecular weight is 485 g/mol. The summed E-state index contributed by atoms with van der Waals surface area (Å²) in [6.45, 7) is 11.8. The standard InChI is InChI=1S/C28H40N2O5/c1-26(2,3)35-25(31)30-16-28(17-30)12-21(15-33-28)29-10-8-20(9-11-29)23-6-4-5-7-24(23)34-22-13-27(14-22)18-32-19-27/h4-7,20-22H,8-19H2,1-3H3/t21-/m0/s1. The lowest BCUT2D eigenvalue weighted by atomic mass is 9.65. The molecule has 4 aliphatic heterocycles. The second kappa shape index (κ2) is 8.63. The topological polar surface area (TPSA) is 60.5 Å². The Morgan fingerprint density at radius 2 is 1.77 bits per heavy atom. The molecule has 0 bridgehead atoms. The van der Waals surface area contributed by atoms with E-state index in [0.29, 0.717) is 36.6 Å². The summed E-state index contributed by atoms with van der Waals surface area (Å²) in [6.07, 6.45) is 5.68. The maximum absolute atomic E-state index is 12.3. The monoisotopic (exact) mass is 484 g/mol. The molecule has 4 saturated heterocycles. The Balaban J connectivity index is 0.988. The maximum atomic E-state index is 12.3. The number of carbonyl (C=O) groups excluding carboxylic acids is 1. The highest BCUT2D eigenvalue weighted by Gasteiger charge is 2.53. The number of ether oxygens (including phenoxy) is 4. The van der Waals surface area contributed by atoms with E-state index in [4.69, 9.17) is 18.9 Å². The van der Waals surface area contributed by atoms with E-state index in [0.717, 1.165) is 70.8 Å². The quantitative estimate of drug-likeness (QED) is 0.638. The minimum atomic E-state index is -0.460. The summed E-state index contributed by atoms with van der Waals surface area (Å²) in [6, 6.07) is 9.12. The van der Waals surface area contributed by atoms with Crippen molar-refractivity contribution >= 4 is 6.09 Å². The third kappa shape index (κ3) is 4.67. The molecule has 7 heteroatoms. The van der Waals surface area contributed by atoms with Crippen molar-refractivity contribution in [1.29, 1.82) is 0 Å². The molecule has 6 rings (SSSR count). The van der Waals surface area contributed by atoms with Crippen LogP contribution in [0.25, 0.3) is 0 Å². The van der Waals surface area contributed by atoms with E-state index in [-0.39, 0.29) is 11.7 Å². The van der Waals surface area contributed by atoms with E-state index in [1.54, 1.807) is 4.90 Å². The predicted molar refractivity (Wildman–Crippen MR) is 132 cm³/mol. The van der Waals surface area contributed by atoms with Gasteiger partial charge in [-0.25, -0.2) is 4.79 Å². The normalized spacial score (nSPS) is 28.4. The SMILES string of the molecule is CC(C)(C)OC(=O)N1CC2(C[C@H](N3CCC(c4ccccc4OC4CC5(COC5)C4)CC3)CO2)C1. The van der Waals surface area contributed by atoms with Crippen LogP contribution >= 0.6 is 0 Å². The Morgan fingerprint density at radius 3 is 2.43 bits per heavy atom. The molecule has 0 aromatic heterocycles. The van der Waals surface area contributed by atoms with Crippen molar-refractivity contribution in [2.45, 2.75) is 82.1 Å². The summed E-state index contributed by atoms with van der Waals surface area (Å²) in [7, 11) is 0. The number of piperidine rings is 1. The number of hydrogen-bond acceptors (Lipinski definition) is 6. The first kappa shape index (κ1) is 23.6. The van der Waals surface area contributed by atoms with Gasteiger partial charge in [-0.3, -0.25) is 4.90 Å². The van der Waals surface area contributed by atoms with Crippen molar-refractivity contribution in [2.75, 3.05) is 46.0 Å². The van der Waals surface area contributed by atoms with Crippen LogP contribution in [0.15, 0.2) is 24.3 Å². The number of amides is 1. The number of benzene rings is 1. The van der Waals surface area contributed by atoms with Gasteiger partial charge in [-0.05, 0) is 83.5 Å². The summed E-state index contributed by atoms with van der Waals surface area (Å²) in [5, 5.41) is 0. The van der Waals surface area contributed by atoms with Crippen molar-refractivity contribution in [3.63, 3.8) is 0 Å². The lowest BCUT2D eigenvalue weighted by Crippen LogP contribution is -2.64. The molecule has 1 aromatic rings. The van der Waals surface area contributed by atoms with E-state index in [9.17, 15) is 4.79 Å². The Morgan fingerprint density at radius 1 is 1.06 bits per heavy atom. The second-order valence-electron chi connectivity index (χ2n) is 12.7. The van der Waals surface area contributed by atoms with Gasteiger partial charge in [0.15, 0.2) is 0 Å². The molecule has 5 fully saturated rings. The number of para-hydroxylation sites is 1. The summed E-state index contributed by atoms with van der Waals surface area (Å²) in [4.78, 5) is 16.7. The third-order valence-corrected chi connectivity index (χ3v) is 8.64. The molecule has 4 heterocycles. The zero-order valence-corrected chi connectivity index (χ0v) is 21.5. The molecule has 1 aromatic carbocycles. The van der Waals surface area contributed by atoms with Crippen LogP contribution in [-0.4, -0.2) is 85.2 Å². The van der Waals surface area contributed by atoms with Gasteiger partial charge in [0.1, 0.15) is 23.1 Å². The number of carbonyl (C=O) groups is 1. The highest BCUT2D eigenvalue weighted by molar-refractivity contribution is 5.69. The van der Waals surface area contributed by atoms with Crippen LogP contribution in [-0.2, 0) is 14.2 Å².